The van der Waals surface area contributed by atoms with E-state index in [2.05, 4.69) is 0 Å². The maximum Gasteiger partial charge on any atom is 0.126 e. The Balaban J connectivity index is 3.21. The standard InChI is InChI=1S/C10H13F/c1-4-9-5-7(2)8(3)6-10(9)11/h5-6H,4H2,1-3H3. The molecule has 60 valence electrons. The van der Waals surface area contributed by atoms with Crippen LogP contribution in [0.25, 0.3) is 0 Å². The third kappa shape index (κ3) is 1.59. The summed E-state index contributed by atoms with van der Waals surface area (Å²) in [5.41, 5.74) is 3.01. The maximum absolute atomic E-state index is 13.0. The van der Waals surface area contributed by atoms with Gasteiger partial charge in [-0.15, -0.1) is 0 Å². The maximum atomic E-state index is 13.0. The summed E-state index contributed by atoms with van der Waals surface area (Å²) in [4.78, 5) is 0. The lowest BCUT2D eigenvalue weighted by Crippen LogP contribution is -1.91. The number of rotatable bonds is 1. The Kier molecular flexibility index (Phi) is 2.28. The van der Waals surface area contributed by atoms with Crippen molar-refractivity contribution in [2.24, 2.45) is 0 Å². The molecule has 0 fully saturated rings. The van der Waals surface area contributed by atoms with Crippen LogP contribution < -0.4 is 0 Å². The van der Waals surface area contributed by atoms with Crippen LogP contribution in [0.4, 0.5) is 4.39 Å². The minimum absolute atomic E-state index is 0.0735. The average molecular weight is 152 g/mol. The Morgan fingerprint density at radius 1 is 1.18 bits per heavy atom. The Morgan fingerprint density at radius 2 is 1.73 bits per heavy atom. The monoisotopic (exact) mass is 152 g/mol. The summed E-state index contributed by atoms with van der Waals surface area (Å²) in [6.45, 7) is 5.90. The molecule has 0 spiro atoms. The van der Waals surface area contributed by atoms with Gasteiger partial charge in [-0.25, -0.2) is 4.39 Å². The first-order valence-corrected chi connectivity index (χ1v) is 3.90. The van der Waals surface area contributed by atoms with Gasteiger partial charge in [-0.05, 0) is 43.0 Å². The third-order valence-electron chi connectivity index (χ3n) is 2.04. The number of halogens is 1. The highest BCUT2D eigenvalue weighted by Gasteiger charge is 2.01. The minimum Gasteiger partial charge on any atom is -0.207 e. The van der Waals surface area contributed by atoms with Gasteiger partial charge in [0.25, 0.3) is 0 Å². The van der Waals surface area contributed by atoms with E-state index in [1.54, 1.807) is 6.07 Å². The Bertz CT molecular complexity index is 264. The Labute approximate surface area is 67.1 Å². The summed E-state index contributed by atoms with van der Waals surface area (Å²) >= 11 is 0. The average Bonchev–Trinajstić information content (AvgIpc) is 1.97. The zero-order valence-electron chi connectivity index (χ0n) is 7.24. The highest BCUT2D eigenvalue weighted by atomic mass is 19.1. The lowest BCUT2D eigenvalue weighted by molar-refractivity contribution is 0.610. The van der Waals surface area contributed by atoms with E-state index in [-0.39, 0.29) is 5.82 Å². The van der Waals surface area contributed by atoms with E-state index >= 15 is 0 Å². The number of hydrogen-bond donors (Lipinski definition) is 0. The van der Waals surface area contributed by atoms with E-state index < -0.39 is 0 Å². The van der Waals surface area contributed by atoms with E-state index in [9.17, 15) is 4.39 Å². The van der Waals surface area contributed by atoms with Gasteiger partial charge in [0, 0.05) is 0 Å². The van der Waals surface area contributed by atoms with Crippen molar-refractivity contribution in [2.75, 3.05) is 0 Å². The molecule has 0 atom stereocenters. The molecule has 0 aromatic heterocycles. The van der Waals surface area contributed by atoms with Crippen LogP contribution in [-0.2, 0) is 6.42 Å². The fraction of sp³-hybridized carbons (Fsp3) is 0.400. The van der Waals surface area contributed by atoms with E-state index in [0.717, 1.165) is 17.5 Å². The topological polar surface area (TPSA) is 0 Å². The molecule has 0 amide bonds. The Morgan fingerprint density at radius 3 is 2.27 bits per heavy atom. The molecule has 11 heavy (non-hydrogen) atoms. The molecule has 1 aromatic rings. The van der Waals surface area contributed by atoms with Crippen LogP contribution in [0.1, 0.15) is 23.6 Å². The molecule has 0 bridgehead atoms. The smallest absolute Gasteiger partial charge is 0.126 e. The molecular formula is C10H13F. The predicted octanol–water partition coefficient (Wildman–Crippen LogP) is 3.00. The van der Waals surface area contributed by atoms with Crippen molar-refractivity contribution in [1.29, 1.82) is 0 Å². The molecule has 0 saturated carbocycles. The molecule has 0 nitrogen and oxygen atoms in total. The van der Waals surface area contributed by atoms with Crippen LogP contribution in [-0.4, -0.2) is 0 Å². The summed E-state index contributed by atoms with van der Waals surface area (Å²) < 4.78 is 13.0. The van der Waals surface area contributed by atoms with Crippen LogP contribution in [0.3, 0.4) is 0 Å². The van der Waals surface area contributed by atoms with Crippen molar-refractivity contribution < 1.29 is 4.39 Å². The van der Waals surface area contributed by atoms with Crippen LogP contribution in [0, 0.1) is 19.7 Å². The molecule has 0 unspecified atom stereocenters. The number of benzene rings is 1. The predicted molar refractivity (Wildman–Crippen MR) is 45.3 cm³/mol. The van der Waals surface area contributed by atoms with Gasteiger partial charge in [0.05, 0.1) is 0 Å². The molecule has 0 aliphatic rings. The lowest BCUT2D eigenvalue weighted by atomic mass is 10.0. The minimum atomic E-state index is -0.0735. The number of hydrogen-bond acceptors (Lipinski definition) is 0. The van der Waals surface area contributed by atoms with Crippen LogP contribution in [0.15, 0.2) is 12.1 Å². The van der Waals surface area contributed by atoms with Crippen LogP contribution >= 0.6 is 0 Å². The third-order valence-corrected chi connectivity index (χ3v) is 2.04. The SMILES string of the molecule is CCc1cc(C)c(C)cc1F. The second-order valence-corrected chi connectivity index (χ2v) is 2.88. The van der Waals surface area contributed by atoms with E-state index in [0.29, 0.717) is 0 Å². The second kappa shape index (κ2) is 3.04. The van der Waals surface area contributed by atoms with Gasteiger partial charge >= 0.3 is 0 Å². The highest BCUT2D eigenvalue weighted by Crippen LogP contribution is 2.14. The Hall–Kier alpha value is -0.850. The zero-order valence-corrected chi connectivity index (χ0v) is 7.24. The first-order chi connectivity index (χ1) is 5.15. The molecule has 0 heterocycles. The van der Waals surface area contributed by atoms with Crippen molar-refractivity contribution in [2.45, 2.75) is 27.2 Å². The molecule has 0 aliphatic carbocycles. The summed E-state index contributed by atoms with van der Waals surface area (Å²) in [5, 5.41) is 0. The van der Waals surface area contributed by atoms with Gasteiger partial charge in [0.2, 0.25) is 0 Å². The quantitative estimate of drug-likeness (QED) is 0.580. The van der Waals surface area contributed by atoms with Crippen LogP contribution in [0.2, 0.25) is 0 Å². The molecule has 0 aliphatic heterocycles. The van der Waals surface area contributed by atoms with E-state index in [4.69, 9.17) is 0 Å². The zero-order chi connectivity index (χ0) is 8.43. The molecule has 1 heteroatoms. The van der Waals surface area contributed by atoms with E-state index in [1.165, 1.54) is 5.56 Å². The molecule has 0 N–H and O–H groups in total. The van der Waals surface area contributed by atoms with Gasteiger partial charge in [0.1, 0.15) is 5.82 Å². The summed E-state index contributed by atoms with van der Waals surface area (Å²) in [6, 6.07) is 3.53. The molecule has 1 aromatic carbocycles. The van der Waals surface area contributed by atoms with Crippen LogP contribution in [0.5, 0.6) is 0 Å². The van der Waals surface area contributed by atoms with Crippen molar-refractivity contribution in [3.8, 4) is 0 Å². The number of aryl methyl sites for hydroxylation is 3. The molecule has 0 radical (unpaired) electrons. The van der Waals surface area contributed by atoms with E-state index in [1.807, 2.05) is 26.8 Å². The lowest BCUT2D eigenvalue weighted by Gasteiger charge is -2.04. The summed E-state index contributed by atoms with van der Waals surface area (Å²) in [6.07, 6.45) is 0.771. The van der Waals surface area contributed by atoms with Gasteiger partial charge in [-0.2, -0.15) is 0 Å². The fourth-order valence-corrected chi connectivity index (χ4v) is 1.11. The van der Waals surface area contributed by atoms with Gasteiger partial charge in [-0.1, -0.05) is 13.0 Å². The fourth-order valence-electron chi connectivity index (χ4n) is 1.11. The highest BCUT2D eigenvalue weighted by molar-refractivity contribution is 5.31. The largest absolute Gasteiger partial charge is 0.207 e. The summed E-state index contributed by atoms with van der Waals surface area (Å²) in [5.74, 6) is -0.0735. The van der Waals surface area contributed by atoms with Gasteiger partial charge in [0.15, 0.2) is 0 Å². The molecule has 0 saturated heterocycles. The molecule has 1 rings (SSSR count). The van der Waals surface area contributed by atoms with Crippen molar-refractivity contribution in [1.82, 2.24) is 0 Å². The van der Waals surface area contributed by atoms with Gasteiger partial charge < -0.3 is 0 Å². The first kappa shape index (κ1) is 8.25. The van der Waals surface area contributed by atoms with Gasteiger partial charge in [-0.3, -0.25) is 0 Å². The van der Waals surface area contributed by atoms with Crippen molar-refractivity contribution in [3.05, 3.63) is 34.6 Å². The summed E-state index contributed by atoms with van der Waals surface area (Å²) in [7, 11) is 0. The first-order valence-electron chi connectivity index (χ1n) is 3.90. The van der Waals surface area contributed by atoms with Crippen molar-refractivity contribution in [3.63, 3.8) is 0 Å². The molecular weight excluding hydrogens is 139 g/mol. The van der Waals surface area contributed by atoms with Crippen molar-refractivity contribution >= 4 is 0 Å². The normalized spacial score (nSPS) is 10.2. The second-order valence-electron chi connectivity index (χ2n) is 2.88.